The maximum absolute atomic E-state index is 12.7. The number of fused-ring (bicyclic) bond motifs is 1. The number of rotatable bonds is 17. The van der Waals surface area contributed by atoms with E-state index in [-0.39, 0.29) is 11.9 Å². The summed E-state index contributed by atoms with van der Waals surface area (Å²) in [6.07, 6.45) is 15.5. The zero-order chi connectivity index (χ0) is 23.9. The van der Waals surface area contributed by atoms with Crippen molar-refractivity contribution in [3.8, 4) is 17.2 Å². The predicted octanol–water partition coefficient (Wildman–Crippen LogP) is 7.83. The lowest BCUT2D eigenvalue weighted by Gasteiger charge is -2.17. The largest absolute Gasteiger partial charge is 0.490 e. The quantitative estimate of drug-likeness (QED) is 0.137. The topological polar surface area (TPSA) is 57.9 Å². The van der Waals surface area contributed by atoms with Crippen LogP contribution in [0, 0.1) is 0 Å². The molecule has 0 spiro atoms. The molecule has 0 amide bonds. The average molecular weight is 459 g/mol. The Morgan fingerprint density at radius 3 is 2.27 bits per heavy atom. The van der Waals surface area contributed by atoms with Crippen molar-refractivity contribution in [2.75, 3.05) is 13.2 Å². The molecule has 1 heterocycles. The van der Waals surface area contributed by atoms with Gasteiger partial charge in [-0.25, -0.2) is 4.79 Å². The first kappa shape index (κ1) is 26.8. The minimum atomic E-state index is -0.519. The Bertz CT molecular complexity index is 897. The van der Waals surface area contributed by atoms with E-state index in [4.69, 9.17) is 18.6 Å². The van der Waals surface area contributed by atoms with Crippen LogP contribution in [0.25, 0.3) is 11.0 Å². The van der Waals surface area contributed by atoms with Crippen molar-refractivity contribution in [1.82, 2.24) is 0 Å². The molecule has 1 aromatic carbocycles. The summed E-state index contributed by atoms with van der Waals surface area (Å²) in [5.74, 6) is 1.19. The highest BCUT2D eigenvalue weighted by Gasteiger charge is 2.21. The van der Waals surface area contributed by atoms with Gasteiger partial charge in [0.1, 0.15) is 16.7 Å². The van der Waals surface area contributed by atoms with Crippen LogP contribution in [-0.2, 0) is 0 Å². The van der Waals surface area contributed by atoms with Crippen molar-refractivity contribution in [2.24, 2.45) is 0 Å². The molecule has 0 N–H and O–H groups in total. The van der Waals surface area contributed by atoms with Crippen molar-refractivity contribution >= 4 is 11.0 Å². The molecule has 0 saturated heterocycles. The molecule has 2 aromatic rings. The Morgan fingerprint density at radius 1 is 0.879 bits per heavy atom. The van der Waals surface area contributed by atoms with Crippen LogP contribution in [0.2, 0.25) is 0 Å². The second-order valence-electron chi connectivity index (χ2n) is 8.68. The maximum atomic E-state index is 12.7. The van der Waals surface area contributed by atoms with Gasteiger partial charge in [-0.3, -0.25) is 0 Å². The molecule has 33 heavy (non-hydrogen) atoms. The van der Waals surface area contributed by atoms with Crippen LogP contribution in [-0.4, -0.2) is 19.3 Å². The third-order valence-electron chi connectivity index (χ3n) is 5.35. The number of unbranched alkanes of at least 4 members (excludes halogenated alkanes) is 7. The number of allylic oxidation sites excluding steroid dienone is 1. The standard InChI is InChI=1S/C28H42O5/c1-5-7-9-11-12-13-14-16-20-30-26-25-23(32-22(3)4)18-17-19-24(25)33-28(29)27(26)31-21-15-10-8-6-2/h8,10,17-19,22H,5-7,9,11-16,20-21H2,1-4H3. The van der Waals surface area contributed by atoms with E-state index >= 15 is 0 Å². The second-order valence-corrected chi connectivity index (χ2v) is 8.68. The molecule has 0 saturated carbocycles. The highest BCUT2D eigenvalue weighted by atomic mass is 16.5. The average Bonchev–Trinajstić information content (AvgIpc) is 2.78. The molecule has 0 aliphatic heterocycles. The molecule has 0 aliphatic carbocycles. The molecular formula is C28H42O5. The fourth-order valence-corrected chi connectivity index (χ4v) is 3.71. The van der Waals surface area contributed by atoms with Gasteiger partial charge in [0.05, 0.1) is 19.3 Å². The van der Waals surface area contributed by atoms with Gasteiger partial charge in [0.15, 0.2) is 5.75 Å². The van der Waals surface area contributed by atoms with Crippen LogP contribution in [0.3, 0.4) is 0 Å². The van der Waals surface area contributed by atoms with E-state index in [9.17, 15) is 4.79 Å². The normalized spacial score (nSPS) is 11.5. The van der Waals surface area contributed by atoms with Crippen molar-refractivity contribution in [2.45, 2.75) is 98.0 Å². The highest BCUT2D eigenvalue weighted by molar-refractivity contribution is 5.91. The summed E-state index contributed by atoms with van der Waals surface area (Å²) < 4.78 is 23.6. The van der Waals surface area contributed by atoms with Crippen molar-refractivity contribution in [3.05, 3.63) is 40.8 Å². The van der Waals surface area contributed by atoms with Gasteiger partial charge in [-0.05, 0) is 45.2 Å². The number of ether oxygens (including phenoxy) is 3. The first-order valence-corrected chi connectivity index (χ1v) is 12.8. The highest BCUT2D eigenvalue weighted by Crippen LogP contribution is 2.39. The molecule has 0 radical (unpaired) electrons. The van der Waals surface area contributed by atoms with E-state index in [1.54, 1.807) is 6.07 Å². The van der Waals surface area contributed by atoms with Gasteiger partial charge in [-0.15, -0.1) is 0 Å². The van der Waals surface area contributed by atoms with E-state index in [0.29, 0.717) is 42.1 Å². The Morgan fingerprint density at radius 2 is 1.58 bits per heavy atom. The van der Waals surface area contributed by atoms with Crippen molar-refractivity contribution in [1.29, 1.82) is 0 Å². The number of hydrogen-bond donors (Lipinski definition) is 0. The lowest BCUT2D eigenvalue weighted by Crippen LogP contribution is -2.13. The van der Waals surface area contributed by atoms with Crippen molar-refractivity contribution < 1.29 is 18.6 Å². The van der Waals surface area contributed by atoms with E-state index < -0.39 is 5.63 Å². The van der Waals surface area contributed by atoms with E-state index in [1.807, 2.05) is 26.0 Å². The van der Waals surface area contributed by atoms with Crippen LogP contribution in [0.4, 0.5) is 0 Å². The zero-order valence-electron chi connectivity index (χ0n) is 21.0. The van der Waals surface area contributed by atoms with Gasteiger partial charge in [0, 0.05) is 0 Å². The zero-order valence-corrected chi connectivity index (χ0v) is 21.0. The van der Waals surface area contributed by atoms with E-state index in [1.165, 1.54) is 38.5 Å². The summed E-state index contributed by atoms with van der Waals surface area (Å²) in [5.41, 5.74) is -0.0723. The minimum Gasteiger partial charge on any atom is -0.490 e. The van der Waals surface area contributed by atoms with Crippen molar-refractivity contribution in [3.63, 3.8) is 0 Å². The molecule has 2 rings (SSSR count). The predicted molar refractivity (Wildman–Crippen MR) is 136 cm³/mol. The Hall–Kier alpha value is -2.43. The molecule has 5 nitrogen and oxygen atoms in total. The molecule has 1 aromatic heterocycles. The van der Waals surface area contributed by atoms with Gasteiger partial charge >= 0.3 is 5.63 Å². The third-order valence-corrected chi connectivity index (χ3v) is 5.35. The first-order valence-electron chi connectivity index (χ1n) is 12.8. The summed E-state index contributed by atoms with van der Waals surface area (Å²) in [6, 6.07) is 5.46. The van der Waals surface area contributed by atoms with Gasteiger partial charge in [-0.1, -0.05) is 77.0 Å². The van der Waals surface area contributed by atoms with Crippen LogP contribution in [0.15, 0.2) is 39.6 Å². The fraction of sp³-hybridized carbons (Fsp3) is 0.607. The summed E-state index contributed by atoms with van der Waals surface area (Å²) >= 11 is 0. The SMILES string of the molecule is CCC=CCCOc1c(OCCCCCCCCCC)c2c(OC(C)C)cccc2oc1=O. The summed E-state index contributed by atoms with van der Waals surface area (Å²) in [7, 11) is 0. The molecule has 0 fully saturated rings. The molecule has 0 aliphatic rings. The Balaban J connectivity index is 2.16. The lowest BCUT2D eigenvalue weighted by molar-refractivity contribution is 0.239. The third kappa shape index (κ3) is 9.15. The smallest absolute Gasteiger partial charge is 0.383 e. The van der Waals surface area contributed by atoms with Gasteiger partial charge in [0.2, 0.25) is 5.75 Å². The number of benzene rings is 1. The molecule has 0 unspecified atom stereocenters. The van der Waals surface area contributed by atoms with Crippen LogP contribution >= 0.6 is 0 Å². The molecule has 0 bridgehead atoms. The fourth-order valence-electron chi connectivity index (χ4n) is 3.71. The molecule has 184 valence electrons. The second kappa shape index (κ2) is 15.4. The minimum absolute atomic E-state index is 0.0216. The monoisotopic (exact) mass is 458 g/mol. The van der Waals surface area contributed by atoms with E-state index in [0.717, 1.165) is 19.3 Å². The molecular weight excluding hydrogens is 416 g/mol. The van der Waals surface area contributed by atoms with Crippen LogP contribution < -0.4 is 19.8 Å². The van der Waals surface area contributed by atoms with Crippen LogP contribution in [0.1, 0.15) is 91.9 Å². The lowest BCUT2D eigenvalue weighted by atomic mass is 10.1. The first-order chi connectivity index (χ1) is 16.1. The van der Waals surface area contributed by atoms with Gasteiger partial charge in [0.25, 0.3) is 0 Å². The van der Waals surface area contributed by atoms with Gasteiger partial charge in [-0.2, -0.15) is 0 Å². The summed E-state index contributed by atoms with van der Waals surface area (Å²) in [4.78, 5) is 12.7. The molecule has 0 atom stereocenters. The Labute approximate surface area is 199 Å². The summed E-state index contributed by atoms with van der Waals surface area (Å²) in [5, 5.41) is 0.657. The maximum Gasteiger partial charge on any atom is 0.383 e. The molecule has 5 heteroatoms. The summed E-state index contributed by atoms with van der Waals surface area (Å²) in [6.45, 7) is 9.17. The van der Waals surface area contributed by atoms with Gasteiger partial charge < -0.3 is 18.6 Å². The van der Waals surface area contributed by atoms with E-state index in [2.05, 4.69) is 26.0 Å². The van der Waals surface area contributed by atoms with Crippen LogP contribution in [0.5, 0.6) is 17.2 Å². The number of hydrogen-bond acceptors (Lipinski definition) is 5. The Kier molecular flexibility index (Phi) is 12.5.